The van der Waals surface area contributed by atoms with E-state index >= 15 is 0 Å². The van der Waals surface area contributed by atoms with Crippen molar-refractivity contribution in [1.82, 2.24) is 10.2 Å². The summed E-state index contributed by atoms with van der Waals surface area (Å²) in [5.74, 6) is -0.423. The summed E-state index contributed by atoms with van der Waals surface area (Å²) in [6.07, 6.45) is -2.46. The number of anilines is 1. The summed E-state index contributed by atoms with van der Waals surface area (Å²) in [7, 11) is 1.87. The number of likely N-dealkylation sites (N-methyl/N-ethyl adjacent to an activating group) is 1. The van der Waals surface area contributed by atoms with Gasteiger partial charge in [0.25, 0.3) is 0 Å². The molecule has 1 amide bonds. The molecule has 1 aliphatic heterocycles. The standard InChI is InChI=1S/C15H20F3N3O/c1-19-11-5-4-8-21(9-11)10-14(22)20-13-7-3-2-6-12(13)15(16,17)18/h2-3,6-7,11,19H,4-5,8-10H2,1H3,(H,20,22). The number of carbonyl (C=O) groups is 1. The smallest absolute Gasteiger partial charge is 0.324 e. The van der Waals surface area contributed by atoms with E-state index in [0.29, 0.717) is 6.04 Å². The molecule has 4 nitrogen and oxygen atoms in total. The highest BCUT2D eigenvalue weighted by Gasteiger charge is 2.33. The van der Waals surface area contributed by atoms with E-state index in [4.69, 9.17) is 0 Å². The molecule has 1 saturated heterocycles. The van der Waals surface area contributed by atoms with Gasteiger partial charge in [-0.05, 0) is 38.6 Å². The number of hydrogen-bond donors (Lipinski definition) is 2. The normalized spacial score (nSPS) is 19.9. The second-order valence-corrected chi connectivity index (χ2v) is 5.45. The lowest BCUT2D eigenvalue weighted by Gasteiger charge is -2.32. The first kappa shape index (κ1) is 16.8. The number of hydrogen-bond acceptors (Lipinski definition) is 3. The molecule has 0 saturated carbocycles. The number of likely N-dealkylation sites (tertiary alicyclic amines) is 1. The van der Waals surface area contributed by atoms with Crippen LogP contribution in [0, 0.1) is 0 Å². The minimum Gasteiger partial charge on any atom is -0.324 e. The van der Waals surface area contributed by atoms with Crippen LogP contribution in [0.2, 0.25) is 0 Å². The zero-order chi connectivity index (χ0) is 16.2. The molecule has 1 aliphatic rings. The molecule has 1 heterocycles. The Balaban J connectivity index is 1.98. The Labute approximate surface area is 127 Å². The summed E-state index contributed by atoms with van der Waals surface area (Å²) in [6, 6.07) is 5.34. The molecule has 0 spiro atoms. The van der Waals surface area contributed by atoms with E-state index in [2.05, 4.69) is 10.6 Å². The van der Waals surface area contributed by atoms with Crippen LogP contribution in [0.5, 0.6) is 0 Å². The largest absolute Gasteiger partial charge is 0.418 e. The molecule has 7 heteroatoms. The fourth-order valence-corrected chi connectivity index (χ4v) is 2.67. The number of rotatable bonds is 4. The van der Waals surface area contributed by atoms with Crippen LogP contribution in [-0.4, -0.2) is 43.5 Å². The van der Waals surface area contributed by atoms with Gasteiger partial charge in [0.05, 0.1) is 17.8 Å². The number of amides is 1. The number of carbonyl (C=O) groups excluding carboxylic acids is 1. The molecular formula is C15H20F3N3O. The van der Waals surface area contributed by atoms with Crippen molar-refractivity contribution in [2.45, 2.75) is 25.1 Å². The van der Waals surface area contributed by atoms with Gasteiger partial charge in [0, 0.05) is 12.6 Å². The molecule has 1 fully saturated rings. The first-order valence-electron chi connectivity index (χ1n) is 7.26. The SMILES string of the molecule is CNC1CCCN(CC(=O)Nc2ccccc2C(F)(F)F)C1. The van der Waals surface area contributed by atoms with Crippen LogP contribution in [0.3, 0.4) is 0 Å². The van der Waals surface area contributed by atoms with Gasteiger partial charge < -0.3 is 10.6 Å². The fraction of sp³-hybridized carbons (Fsp3) is 0.533. The molecule has 2 N–H and O–H groups in total. The van der Waals surface area contributed by atoms with Crippen molar-refractivity contribution in [2.24, 2.45) is 0 Å². The maximum atomic E-state index is 12.9. The summed E-state index contributed by atoms with van der Waals surface area (Å²) in [4.78, 5) is 14.0. The van der Waals surface area contributed by atoms with Crippen LogP contribution in [0.25, 0.3) is 0 Å². The van der Waals surface area contributed by atoms with E-state index in [0.717, 1.165) is 32.0 Å². The highest BCUT2D eigenvalue weighted by molar-refractivity contribution is 5.93. The maximum absolute atomic E-state index is 12.9. The third-order valence-electron chi connectivity index (χ3n) is 3.79. The number of para-hydroxylation sites is 1. The van der Waals surface area contributed by atoms with E-state index in [1.54, 1.807) is 0 Å². The highest BCUT2D eigenvalue weighted by atomic mass is 19.4. The summed E-state index contributed by atoms with van der Waals surface area (Å²) in [6.45, 7) is 1.61. The molecule has 0 radical (unpaired) electrons. The lowest BCUT2D eigenvalue weighted by atomic mass is 10.1. The lowest BCUT2D eigenvalue weighted by Crippen LogP contribution is -2.46. The lowest BCUT2D eigenvalue weighted by molar-refractivity contribution is -0.137. The van der Waals surface area contributed by atoms with Gasteiger partial charge in [0.2, 0.25) is 5.91 Å². The van der Waals surface area contributed by atoms with Crippen molar-refractivity contribution < 1.29 is 18.0 Å². The maximum Gasteiger partial charge on any atom is 0.418 e. The van der Waals surface area contributed by atoms with Gasteiger partial charge in [-0.1, -0.05) is 12.1 Å². The third kappa shape index (κ3) is 4.45. The van der Waals surface area contributed by atoms with Crippen molar-refractivity contribution in [3.05, 3.63) is 29.8 Å². The van der Waals surface area contributed by atoms with E-state index in [1.807, 2.05) is 11.9 Å². The van der Waals surface area contributed by atoms with Crippen molar-refractivity contribution in [3.8, 4) is 0 Å². The summed E-state index contributed by atoms with van der Waals surface area (Å²) in [5, 5.41) is 5.54. The van der Waals surface area contributed by atoms with Crippen molar-refractivity contribution >= 4 is 11.6 Å². The van der Waals surface area contributed by atoms with Crippen LogP contribution in [-0.2, 0) is 11.0 Å². The van der Waals surface area contributed by atoms with Gasteiger partial charge in [-0.25, -0.2) is 0 Å². The Bertz CT molecular complexity index is 519. The molecule has 1 aromatic rings. The molecule has 1 unspecified atom stereocenters. The summed E-state index contributed by atoms with van der Waals surface area (Å²) >= 11 is 0. The molecular weight excluding hydrogens is 295 g/mol. The second kappa shape index (κ2) is 7.11. The van der Waals surface area contributed by atoms with Crippen molar-refractivity contribution in [3.63, 3.8) is 0 Å². The zero-order valence-electron chi connectivity index (χ0n) is 12.4. The topological polar surface area (TPSA) is 44.4 Å². The molecule has 22 heavy (non-hydrogen) atoms. The molecule has 122 valence electrons. The van der Waals surface area contributed by atoms with Crippen LogP contribution in [0.4, 0.5) is 18.9 Å². The first-order chi connectivity index (χ1) is 10.4. The predicted molar refractivity (Wildman–Crippen MR) is 78.6 cm³/mol. The molecule has 2 rings (SSSR count). The van der Waals surface area contributed by atoms with E-state index < -0.39 is 17.6 Å². The van der Waals surface area contributed by atoms with Gasteiger partial charge in [-0.3, -0.25) is 9.69 Å². The van der Waals surface area contributed by atoms with Gasteiger partial charge in [0.1, 0.15) is 0 Å². The fourth-order valence-electron chi connectivity index (χ4n) is 2.67. The molecule has 1 aromatic carbocycles. The Morgan fingerprint density at radius 2 is 2.09 bits per heavy atom. The minimum absolute atomic E-state index is 0.102. The number of piperidine rings is 1. The third-order valence-corrected chi connectivity index (χ3v) is 3.79. The van der Waals surface area contributed by atoms with Crippen LogP contribution >= 0.6 is 0 Å². The van der Waals surface area contributed by atoms with Crippen molar-refractivity contribution in [2.75, 3.05) is 32.0 Å². The van der Waals surface area contributed by atoms with E-state index in [-0.39, 0.29) is 12.2 Å². The highest BCUT2D eigenvalue weighted by Crippen LogP contribution is 2.34. The monoisotopic (exact) mass is 315 g/mol. The van der Waals surface area contributed by atoms with E-state index in [9.17, 15) is 18.0 Å². The van der Waals surface area contributed by atoms with Gasteiger partial charge in [0.15, 0.2) is 0 Å². The number of halogens is 3. The second-order valence-electron chi connectivity index (χ2n) is 5.45. The minimum atomic E-state index is -4.48. The number of nitrogens with zero attached hydrogens (tertiary/aromatic N) is 1. The average molecular weight is 315 g/mol. The first-order valence-corrected chi connectivity index (χ1v) is 7.26. The quantitative estimate of drug-likeness (QED) is 0.896. The van der Waals surface area contributed by atoms with E-state index in [1.165, 1.54) is 18.2 Å². The molecule has 0 bridgehead atoms. The average Bonchev–Trinajstić information content (AvgIpc) is 2.46. The molecule has 0 aromatic heterocycles. The summed E-state index contributed by atoms with van der Waals surface area (Å²) < 4.78 is 38.7. The number of benzene rings is 1. The molecule has 1 atom stereocenters. The zero-order valence-corrected chi connectivity index (χ0v) is 12.4. The van der Waals surface area contributed by atoms with Crippen LogP contribution in [0.1, 0.15) is 18.4 Å². The number of nitrogens with one attached hydrogen (secondary N) is 2. The summed E-state index contributed by atoms with van der Waals surface area (Å²) in [5.41, 5.74) is -1.02. The van der Waals surface area contributed by atoms with Gasteiger partial charge in [-0.2, -0.15) is 13.2 Å². The Morgan fingerprint density at radius 1 is 1.36 bits per heavy atom. The molecule has 0 aliphatic carbocycles. The van der Waals surface area contributed by atoms with Gasteiger partial charge >= 0.3 is 6.18 Å². The Kier molecular flexibility index (Phi) is 5.42. The predicted octanol–water partition coefficient (Wildman–Crippen LogP) is 2.33. The number of alkyl halides is 3. The van der Waals surface area contributed by atoms with Crippen LogP contribution < -0.4 is 10.6 Å². The van der Waals surface area contributed by atoms with Crippen molar-refractivity contribution in [1.29, 1.82) is 0 Å². The Hall–Kier alpha value is -1.60. The Morgan fingerprint density at radius 3 is 2.77 bits per heavy atom. The van der Waals surface area contributed by atoms with Gasteiger partial charge in [-0.15, -0.1) is 0 Å². The van der Waals surface area contributed by atoms with Crippen LogP contribution in [0.15, 0.2) is 24.3 Å².